The SMILES string of the molecule is Cn1cc(Br)nc1C1(OCC(=O)O)CNC2(CCCC2)C1. The Morgan fingerprint density at radius 1 is 1.57 bits per heavy atom. The molecular weight excluding hydrogens is 338 g/mol. The molecule has 0 bridgehead atoms. The van der Waals surface area contributed by atoms with Gasteiger partial charge in [-0.3, -0.25) is 0 Å². The highest BCUT2D eigenvalue weighted by Crippen LogP contribution is 2.46. The Morgan fingerprint density at radius 3 is 2.86 bits per heavy atom. The van der Waals surface area contributed by atoms with Crippen molar-refractivity contribution in [2.75, 3.05) is 13.2 Å². The van der Waals surface area contributed by atoms with Gasteiger partial charge in [0, 0.05) is 31.7 Å². The van der Waals surface area contributed by atoms with Crippen LogP contribution >= 0.6 is 15.9 Å². The summed E-state index contributed by atoms with van der Waals surface area (Å²) in [7, 11) is 1.92. The average molecular weight is 358 g/mol. The lowest BCUT2D eigenvalue weighted by Gasteiger charge is -2.30. The molecule has 1 aromatic rings. The van der Waals surface area contributed by atoms with E-state index in [-0.39, 0.29) is 12.1 Å². The molecule has 1 saturated heterocycles. The first-order valence-corrected chi connectivity index (χ1v) is 8.04. The van der Waals surface area contributed by atoms with Gasteiger partial charge < -0.3 is 19.7 Å². The maximum atomic E-state index is 11.0. The lowest BCUT2D eigenvalue weighted by molar-refractivity contribution is -0.150. The average Bonchev–Trinajstić information content (AvgIpc) is 3.10. The fourth-order valence-electron chi connectivity index (χ4n) is 3.78. The second-order valence-electron chi connectivity index (χ2n) is 6.19. The minimum Gasteiger partial charge on any atom is -0.480 e. The van der Waals surface area contributed by atoms with E-state index in [0.29, 0.717) is 6.54 Å². The summed E-state index contributed by atoms with van der Waals surface area (Å²) >= 11 is 3.39. The van der Waals surface area contributed by atoms with Crippen molar-refractivity contribution in [3.63, 3.8) is 0 Å². The number of imidazole rings is 1. The number of aliphatic carboxylic acids is 1. The van der Waals surface area contributed by atoms with E-state index in [4.69, 9.17) is 9.84 Å². The molecule has 2 aliphatic rings. The largest absolute Gasteiger partial charge is 0.480 e. The molecule has 1 aliphatic heterocycles. The topological polar surface area (TPSA) is 76.4 Å². The van der Waals surface area contributed by atoms with Crippen LogP contribution in [-0.2, 0) is 22.2 Å². The number of aryl methyl sites for hydroxylation is 1. The van der Waals surface area contributed by atoms with E-state index in [1.54, 1.807) is 0 Å². The van der Waals surface area contributed by atoms with Crippen LogP contribution in [0.1, 0.15) is 37.9 Å². The summed E-state index contributed by atoms with van der Waals surface area (Å²) in [6.07, 6.45) is 7.33. The number of carboxylic acids is 1. The third-order valence-electron chi connectivity index (χ3n) is 4.66. The molecule has 0 aromatic carbocycles. The maximum Gasteiger partial charge on any atom is 0.329 e. The maximum absolute atomic E-state index is 11.0. The molecule has 2 heterocycles. The summed E-state index contributed by atoms with van der Waals surface area (Å²) in [6.45, 7) is 0.305. The Balaban J connectivity index is 1.92. The molecule has 0 amide bonds. The van der Waals surface area contributed by atoms with E-state index in [9.17, 15) is 4.79 Å². The van der Waals surface area contributed by atoms with Crippen LogP contribution in [0.2, 0.25) is 0 Å². The second-order valence-corrected chi connectivity index (χ2v) is 7.01. The lowest BCUT2D eigenvalue weighted by atomic mass is 9.88. The Morgan fingerprint density at radius 2 is 2.29 bits per heavy atom. The van der Waals surface area contributed by atoms with Crippen LogP contribution in [0.15, 0.2) is 10.8 Å². The number of carbonyl (C=O) groups is 1. The molecule has 2 fully saturated rings. The van der Waals surface area contributed by atoms with Crippen molar-refractivity contribution in [2.24, 2.45) is 7.05 Å². The summed E-state index contributed by atoms with van der Waals surface area (Å²) in [5, 5.41) is 12.6. The first kappa shape index (κ1) is 15.0. The van der Waals surface area contributed by atoms with Crippen LogP contribution < -0.4 is 5.32 Å². The van der Waals surface area contributed by atoms with E-state index in [0.717, 1.165) is 29.7 Å². The molecule has 1 saturated carbocycles. The van der Waals surface area contributed by atoms with E-state index in [1.165, 1.54) is 12.8 Å². The van der Waals surface area contributed by atoms with E-state index in [2.05, 4.69) is 26.2 Å². The van der Waals surface area contributed by atoms with Crippen LogP contribution in [0.5, 0.6) is 0 Å². The molecule has 116 valence electrons. The van der Waals surface area contributed by atoms with Gasteiger partial charge >= 0.3 is 5.97 Å². The van der Waals surface area contributed by atoms with Crippen molar-refractivity contribution in [2.45, 2.75) is 43.2 Å². The normalized spacial score (nSPS) is 27.5. The van der Waals surface area contributed by atoms with Gasteiger partial charge in [-0.15, -0.1) is 0 Å². The highest BCUT2D eigenvalue weighted by molar-refractivity contribution is 9.10. The smallest absolute Gasteiger partial charge is 0.329 e. The minimum absolute atomic E-state index is 0.0803. The fraction of sp³-hybridized carbons (Fsp3) is 0.714. The zero-order chi connectivity index (χ0) is 15.1. The van der Waals surface area contributed by atoms with Gasteiger partial charge in [-0.1, -0.05) is 12.8 Å². The molecule has 2 N–H and O–H groups in total. The molecule has 1 spiro atoms. The van der Waals surface area contributed by atoms with Gasteiger partial charge in [-0.25, -0.2) is 9.78 Å². The summed E-state index contributed by atoms with van der Waals surface area (Å²) in [4.78, 5) is 15.5. The molecule has 1 aliphatic carbocycles. The molecule has 7 heteroatoms. The summed E-state index contributed by atoms with van der Waals surface area (Å²) in [5.74, 6) is -0.165. The summed E-state index contributed by atoms with van der Waals surface area (Å²) in [6, 6.07) is 0. The monoisotopic (exact) mass is 357 g/mol. The predicted octanol–water partition coefficient (Wildman–Crippen LogP) is 1.79. The van der Waals surface area contributed by atoms with Gasteiger partial charge in [-0.2, -0.15) is 0 Å². The number of hydrogen-bond acceptors (Lipinski definition) is 4. The molecule has 3 rings (SSSR count). The molecule has 21 heavy (non-hydrogen) atoms. The van der Waals surface area contributed by atoms with Crippen molar-refractivity contribution in [1.82, 2.24) is 14.9 Å². The van der Waals surface area contributed by atoms with Crippen LogP contribution in [0.4, 0.5) is 0 Å². The van der Waals surface area contributed by atoms with Crippen LogP contribution in [0.3, 0.4) is 0 Å². The Bertz CT molecular complexity index is 554. The number of ether oxygens (including phenoxy) is 1. The molecule has 0 radical (unpaired) electrons. The second kappa shape index (κ2) is 5.37. The Hall–Kier alpha value is -0.920. The Kier molecular flexibility index (Phi) is 3.83. The van der Waals surface area contributed by atoms with Gasteiger partial charge in [-0.05, 0) is 28.8 Å². The zero-order valence-corrected chi connectivity index (χ0v) is 13.6. The first-order valence-electron chi connectivity index (χ1n) is 7.25. The number of hydrogen-bond donors (Lipinski definition) is 2. The van der Waals surface area contributed by atoms with Crippen molar-refractivity contribution >= 4 is 21.9 Å². The summed E-state index contributed by atoms with van der Waals surface area (Å²) < 4.78 is 8.51. The van der Waals surface area contributed by atoms with Gasteiger partial charge in [0.25, 0.3) is 0 Å². The minimum atomic E-state index is -0.949. The van der Waals surface area contributed by atoms with Gasteiger partial charge in [0.15, 0.2) is 0 Å². The summed E-state index contributed by atoms with van der Waals surface area (Å²) in [5.41, 5.74) is -0.583. The van der Waals surface area contributed by atoms with E-state index < -0.39 is 11.6 Å². The number of nitrogens with one attached hydrogen (secondary N) is 1. The van der Waals surface area contributed by atoms with Crippen LogP contribution in [0, 0.1) is 0 Å². The van der Waals surface area contributed by atoms with Gasteiger partial charge in [0.2, 0.25) is 0 Å². The first-order chi connectivity index (χ1) is 9.95. The predicted molar refractivity (Wildman–Crippen MR) is 80.0 cm³/mol. The quantitative estimate of drug-likeness (QED) is 0.858. The zero-order valence-electron chi connectivity index (χ0n) is 12.1. The number of halogens is 1. The van der Waals surface area contributed by atoms with Crippen LogP contribution in [-0.4, -0.2) is 39.3 Å². The molecule has 1 atom stereocenters. The highest BCUT2D eigenvalue weighted by Gasteiger charge is 2.53. The third kappa shape index (κ3) is 2.74. The van der Waals surface area contributed by atoms with E-state index in [1.807, 2.05) is 17.8 Å². The molecule has 1 aromatic heterocycles. The van der Waals surface area contributed by atoms with E-state index >= 15 is 0 Å². The lowest BCUT2D eigenvalue weighted by Crippen LogP contribution is -2.37. The van der Waals surface area contributed by atoms with Crippen LogP contribution in [0.25, 0.3) is 0 Å². The van der Waals surface area contributed by atoms with Crippen molar-refractivity contribution in [3.8, 4) is 0 Å². The third-order valence-corrected chi connectivity index (χ3v) is 5.04. The van der Waals surface area contributed by atoms with Crippen molar-refractivity contribution in [1.29, 1.82) is 0 Å². The standard InChI is InChI=1S/C14H20BrN3O3/c1-18-6-10(15)17-12(18)14(21-7-11(19)20)8-13(16-9-14)4-2-3-5-13/h6,16H,2-5,7-9H2,1H3,(H,19,20). The fourth-order valence-corrected chi connectivity index (χ4v) is 4.26. The van der Waals surface area contributed by atoms with Crippen molar-refractivity contribution < 1.29 is 14.6 Å². The highest BCUT2D eigenvalue weighted by atomic mass is 79.9. The number of nitrogens with zero attached hydrogens (tertiary/aromatic N) is 2. The molecule has 6 nitrogen and oxygen atoms in total. The molecule has 1 unspecified atom stereocenters. The van der Waals surface area contributed by atoms with Gasteiger partial charge in [0.1, 0.15) is 22.6 Å². The van der Waals surface area contributed by atoms with Gasteiger partial charge in [0.05, 0.1) is 0 Å². The number of carboxylic acid groups (broad SMARTS) is 1. The molecular formula is C14H20BrN3O3. The Labute approximate surface area is 132 Å². The number of aromatic nitrogens is 2. The van der Waals surface area contributed by atoms with Crippen molar-refractivity contribution in [3.05, 3.63) is 16.6 Å². The number of rotatable bonds is 4.